The molecule has 8 nitrogen and oxygen atoms in total. The summed E-state index contributed by atoms with van der Waals surface area (Å²) in [5, 5.41) is 14.4. The number of nitrogens with one attached hydrogen (secondary N) is 1. The molecule has 3 rings (SSSR count). The van der Waals surface area contributed by atoms with Crippen LogP contribution in [0.4, 0.5) is 15.8 Å². The van der Waals surface area contributed by atoms with Gasteiger partial charge in [-0.25, -0.2) is 9.37 Å². The molecule has 0 saturated heterocycles. The third-order valence-electron chi connectivity index (χ3n) is 4.11. The van der Waals surface area contributed by atoms with E-state index in [-0.39, 0.29) is 22.5 Å². The Morgan fingerprint density at radius 3 is 2.67 bits per heavy atom. The number of hydrogen-bond donors (Lipinski definition) is 2. The lowest BCUT2D eigenvalue weighted by Crippen LogP contribution is -2.19. The maximum absolute atomic E-state index is 14.4. The molecular weight excluding hydrogens is 353 g/mol. The van der Waals surface area contributed by atoms with Gasteiger partial charge < -0.3 is 15.6 Å². The van der Waals surface area contributed by atoms with Gasteiger partial charge in [0.2, 0.25) is 5.91 Å². The average Bonchev–Trinajstić information content (AvgIpc) is 3.06. The third kappa shape index (κ3) is 3.61. The van der Waals surface area contributed by atoms with Crippen molar-refractivity contribution < 1.29 is 14.1 Å². The van der Waals surface area contributed by atoms with Gasteiger partial charge in [-0.3, -0.25) is 14.9 Å². The highest BCUT2D eigenvalue weighted by atomic mass is 19.1. The van der Waals surface area contributed by atoms with Crippen molar-refractivity contribution in [1.29, 1.82) is 0 Å². The number of nitro groups is 1. The number of aryl methyl sites for hydroxylation is 1. The predicted octanol–water partition coefficient (Wildman–Crippen LogP) is 2.77. The van der Waals surface area contributed by atoms with Crippen LogP contribution in [0.1, 0.15) is 27.8 Å². The Hall–Kier alpha value is -3.75. The highest BCUT2D eigenvalue weighted by molar-refractivity contribution is 5.94. The largest absolute Gasteiger partial charge is 0.366 e. The summed E-state index contributed by atoms with van der Waals surface area (Å²) < 4.78 is 16.1. The second-order valence-electron chi connectivity index (χ2n) is 5.85. The van der Waals surface area contributed by atoms with E-state index in [0.717, 1.165) is 6.07 Å². The van der Waals surface area contributed by atoms with Crippen molar-refractivity contribution in [3.8, 4) is 0 Å². The standard InChI is InChI=1S/C18H16FN5O3/c1-23-9-8-21-18(23)16(12-4-2-3-5-13(12)19)22-14-7-6-11(17(20)25)10-15(14)24(26)27/h2-10,16,22H,1H3,(H2,20,25). The smallest absolute Gasteiger partial charge is 0.293 e. The van der Waals surface area contributed by atoms with Crippen molar-refractivity contribution in [2.75, 3.05) is 5.32 Å². The number of carbonyl (C=O) groups is 1. The summed E-state index contributed by atoms with van der Waals surface area (Å²) in [6.45, 7) is 0. The quantitative estimate of drug-likeness (QED) is 0.512. The van der Waals surface area contributed by atoms with Crippen molar-refractivity contribution in [2.45, 2.75) is 6.04 Å². The minimum atomic E-state index is -0.788. The summed E-state index contributed by atoms with van der Waals surface area (Å²) in [5.41, 5.74) is 5.25. The molecule has 1 heterocycles. The van der Waals surface area contributed by atoms with Gasteiger partial charge in [0.05, 0.1) is 4.92 Å². The van der Waals surface area contributed by atoms with Gasteiger partial charge in [0.15, 0.2) is 0 Å². The lowest BCUT2D eigenvalue weighted by atomic mass is 10.0. The van der Waals surface area contributed by atoms with E-state index in [4.69, 9.17) is 5.73 Å². The van der Waals surface area contributed by atoms with Crippen LogP contribution in [-0.2, 0) is 7.05 Å². The zero-order valence-corrected chi connectivity index (χ0v) is 14.3. The van der Waals surface area contributed by atoms with Crippen LogP contribution in [0.25, 0.3) is 0 Å². The van der Waals surface area contributed by atoms with Gasteiger partial charge in [-0.2, -0.15) is 0 Å². The minimum Gasteiger partial charge on any atom is -0.366 e. The zero-order chi connectivity index (χ0) is 19.6. The van der Waals surface area contributed by atoms with Crippen LogP contribution in [0.15, 0.2) is 54.9 Å². The molecule has 2 aromatic carbocycles. The number of hydrogen-bond acceptors (Lipinski definition) is 5. The molecule has 0 aliphatic rings. The number of amides is 1. The molecule has 1 unspecified atom stereocenters. The van der Waals surface area contributed by atoms with Gasteiger partial charge in [0, 0.05) is 36.6 Å². The summed E-state index contributed by atoms with van der Waals surface area (Å²) in [6, 6.07) is 9.14. The number of carbonyl (C=O) groups excluding carboxylic acids is 1. The molecule has 0 radical (unpaired) electrons. The topological polar surface area (TPSA) is 116 Å². The Labute approximate surface area is 153 Å². The molecule has 0 saturated carbocycles. The number of imidazole rings is 1. The summed E-state index contributed by atoms with van der Waals surface area (Å²) >= 11 is 0. The Morgan fingerprint density at radius 2 is 2.07 bits per heavy atom. The zero-order valence-electron chi connectivity index (χ0n) is 14.3. The van der Waals surface area contributed by atoms with Crippen molar-refractivity contribution in [1.82, 2.24) is 9.55 Å². The molecule has 0 bridgehead atoms. The van der Waals surface area contributed by atoms with Crippen LogP contribution in [0.5, 0.6) is 0 Å². The van der Waals surface area contributed by atoms with Crippen LogP contribution in [-0.4, -0.2) is 20.4 Å². The molecule has 0 spiro atoms. The van der Waals surface area contributed by atoms with Gasteiger partial charge >= 0.3 is 0 Å². The number of rotatable bonds is 6. The molecule has 0 fully saturated rings. The molecule has 1 amide bonds. The Morgan fingerprint density at radius 1 is 1.33 bits per heavy atom. The van der Waals surface area contributed by atoms with E-state index in [2.05, 4.69) is 10.3 Å². The van der Waals surface area contributed by atoms with E-state index in [9.17, 15) is 19.3 Å². The summed E-state index contributed by atoms with van der Waals surface area (Å²) in [5.74, 6) is -0.790. The molecule has 1 atom stereocenters. The highest BCUT2D eigenvalue weighted by Crippen LogP contribution is 2.32. The summed E-state index contributed by atoms with van der Waals surface area (Å²) in [7, 11) is 1.74. The van der Waals surface area contributed by atoms with E-state index in [1.54, 1.807) is 42.2 Å². The Kier molecular flexibility index (Phi) is 4.84. The molecule has 0 aliphatic carbocycles. The number of nitrogens with zero attached hydrogens (tertiary/aromatic N) is 3. The maximum atomic E-state index is 14.4. The van der Waals surface area contributed by atoms with Crippen molar-refractivity contribution >= 4 is 17.3 Å². The number of aromatic nitrogens is 2. The third-order valence-corrected chi connectivity index (χ3v) is 4.11. The Bertz CT molecular complexity index is 1020. The lowest BCUT2D eigenvalue weighted by molar-refractivity contribution is -0.384. The second-order valence-corrected chi connectivity index (χ2v) is 5.85. The highest BCUT2D eigenvalue weighted by Gasteiger charge is 2.25. The Balaban J connectivity index is 2.11. The van der Waals surface area contributed by atoms with Gasteiger partial charge in [-0.1, -0.05) is 18.2 Å². The fourth-order valence-corrected chi connectivity index (χ4v) is 2.76. The molecule has 1 aromatic heterocycles. The average molecular weight is 369 g/mol. The number of nitrogens with two attached hydrogens (primary N) is 1. The number of nitro benzene ring substituents is 1. The van der Waals surface area contributed by atoms with Crippen molar-refractivity contribution in [3.63, 3.8) is 0 Å². The van der Waals surface area contributed by atoms with Gasteiger partial charge in [0.1, 0.15) is 23.4 Å². The van der Waals surface area contributed by atoms with E-state index in [1.165, 1.54) is 18.2 Å². The predicted molar refractivity (Wildman–Crippen MR) is 96.7 cm³/mol. The first kappa shape index (κ1) is 18.1. The first-order valence-electron chi connectivity index (χ1n) is 7.95. The molecule has 3 aromatic rings. The van der Waals surface area contributed by atoms with Crippen LogP contribution in [0.2, 0.25) is 0 Å². The number of anilines is 1. The molecule has 138 valence electrons. The summed E-state index contributed by atoms with van der Waals surface area (Å²) in [6.07, 6.45) is 3.24. The van der Waals surface area contributed by atoms with E-state index in [1.807, 2.05) is 0 Å². The van der Waals surface area contributed by atoms with E-state index in [0.29, 0.717) is 5.82 Å². The first-order valence-corrected chi connectivity index (χ1v) is 7.95. The van der Waals surface area contributed by atoms with E-state index < -0.39 is 22.7 Å². The van der Waals surface area contributed by atoms with Crippen LogP contribution in [0, 0.1) is 15.9 Å². The normalized spacial score (nSPS) is 11.8. The monoisotopic (exact) mass is 369 g/mol. The SMILES string of the molecule is Cn1ccnc1C(Nc1ccc(C(N)=O)cc1[N+](=O)[O-])c1ccccc1F. The molecule has 0 aliphatic heterocycles. The van der Waals surface area contributed by atoms with Crippen LogP contribution >= 0.6 is 0 Å². The summed E-state index contributed by atoms with van der Waals surface area (Å²) in [4.78, 5) is 26.4. The molecule has 27 heavy (non-hydrogen) atoms. The van der Waals surface area contributed by atoms with E-state index >= 15 is 0 Å². The maximum Gasteiger partial charge on any atom is 0.293 e. The number of halogens is 1. The van der Waals surface area contributed by atoms with Crippen molar-refractivity contribution in [3.05, 3.63) is 87.7 Å². The molecular formula is C18H16FN5O3. The first-order chi connectivity index (χ1) is 12.9. The minimum absolute atomic E-state index is 0.00619. The molecule has 3 N–H and O–H groups in total. The second kappa shape index (κ2) is 7.24. The van der Waals surface area contributed by atoms with Crippen LogP contribution in [0.3, 0.4) is 0 Å². The van der Waals surface area contributed by atoms with Gasteiger partial charge in [0.25, 0.3) is 5.69 Å². The lowest BCUT2D eigenvalue weighted by Gasteiger charge is -2.21. The van der Waals surface area contributed by atoms with Crippen molar-refractivity contribution in [2.24, 2.45) is 12.8 Å². The fraction of sp³-hybridized carbons (Fsp3) is 0.111. The van der Waals surface area contributed by atoms with Gasteiger partial charge in [-0.15, -0.1) is 0 Å². The number of primary amides is 1. The molecule has 9 heteroatoms. The number of benzene rings is 2. The van der Waals surface area contributed by atoms with Gasteiger partial charge in [-0.05, 0) is 18.2 Å². The fourth-order valence-electron chi connectivity index (χ4n) is 2.76. The van der Waals surface area contributed by atoms with Crippen LogP contribution < -0.4 is 11.1 Å².